The van der Waals surface area contributed by atoms with Gasteiger partial charge in [-0.15, -0.1) is 11.3 Å². The summed E-state index contributed by atoms with van der Waals surface area (Å²) in [4.78, 5) is 29.1. The van der Waals surface area contributed by atoms with Gasteiger partial charge in [-0.05, 0) is 29.5 Å². The molecule has 0 fully saturated rings. The van der Waals surface area contributed by atoms with Gasteiger partial charge in [-0.3, -0.25) is 9.59 Å². The highest BCUT2D eigenvalue weighted by Crippen LogP contribution is 2.40. The maximum atomic E-state index is 13.0. The summed E-state index contributed by atoms with van der Waals surface area (Å²) in [5, 5.41) is 15.2. The van der Waals surface area contributed by atoms with Crippen molar-refractivity contribution in [3.05, 3.63) is 87.4 Å². The highest BCUT2D eigenvalue weighted by molar-refractivity contribution is 7.09. The Kier molecular flexibility index (Phi) is 5.45. The molecule has 2 N–H and O–H groups in total. The molecule has 1 aromatic heterocycles. The third-order valence-electron chi connectivity index (χ3n) is 5.37. The van der Waals surface area contributed by atoms with Crippen LogP contribution in [0.1, 0.15) is 33.8 Å². The van der Waals surface area contributed by atoms with Crippen LogP contribution in [0.25, 0.3) is 0 Å². The second-order valence-electron chi connectivity index (χ2n) is 7.55. The number of nitrogens with zero attached hydrogens (tertiary/aromatic N) is 1. The number of carboxylic acids is 1. The van der Waals surface area contributed by atoms with Crippen LogP contribution in [0.2, 0.25) is 0 Å². The first-order valence-corrected chi connectivity index (χ1v) is 10.5. The predicted molar refractivity (Wildman–Crippen MR) is 112 cm³/mol. The van der Waals surface area contributed by atoms with E-state index in [1.807, 2.05) is 47.8 Å². The van der Waals surface area contributed by atoms with Crippen LogP contribution < -0.4 is 5.32 Å². The van der Waals surface area contributed by atoms with Crippen molar-refractivity contribution in [2.24, 2.45) is 5.41 Å². The number of nitrogens with one attached hydrogen (secondary N) is 1. The summed E-state index contributed by atoms with van der Waals surface area (Å²) < 4.78 is 0. The lowest BCUT2D eigenvalue weighted by Crippen LogP contribution is -2.43. The fourth-order valence-electron chi connectivity index (χ4n) is 4.01. The van der Waals surface area contributed by atoms with Crippen molar-refractivity contribution in [2.75, 3.05) is 0 Å². The standard InChI is InChI=1S/C23H22N2O3S/c26-21(27)13-23(11-17-8-4-5-9-18(17)12-23)22(28)24-14-20-25-19(15-29-20)10-16-6-2-1-3-7-16/h1-9,15H,10-14H2,(H,24,28)(H,26,27). The highest BCUT2D eigenvalue weighted by atomic mass is 32.1. The molecule has 4 rings (SSSR count). The number of amides is 1. The van der Waals surface area contributed by atoms with E-state index in [0.29, 0.717) is 19.4 Å². The van der Waals surface area contributed by atoms with Crippen molar-refractivity contribution < 1.29 is 14.7 Å². The van der Waals surface area contributed by atoms with Gasteiger partial charge in [0.25, 0.3) is 0 Å². The number of hydrogen-bond donors (Lipinski definition) is 2. The summed E-state index contributed by atoms with van der Waals surface area (Å²) in [6, 6.07) is 17.9. The van der Waals surface area contributed by atoms with Gasteiger partial charge in [-0.25, -0.2) is 4.98 Å². The molecule has 6 heteroatoms. The number of aromatic nitrogens is 1. The molecule has 0 aliphatic heterocycles. The van der Waals surface area contributed by atoms with E-state index >= 15 is 0 Å². The number of carbonyl (C=O) groups excluding carboxylic acids is 1. The fourth-order valence-corrected chi connectivity index (χ4v) is 4.74. The number of rotatable bonds is 7. The molecule has 0 saturated heterocycles. The maximum Gasteiger partial charge on any atom is 0.304 e. The molecule has 0 spiro atoms. The average Bonchev–Trinajstić information content (AvgIpc) is 3.30. The Morgan fingerprint density at radius 1 is 1.03 bits per heavy atom. The third-order valence-corrected chi connectivity index (χ3v) is 6.27. The van der Waals surface area contributed by atoms with Crippen molar-refractivity contribution in [3.8, 4) is 0 Å². The zero-order chi connectivity index (χ0) is 20.3. The largest absolute Gasteiger partial charge is 0.481 e. The van der Waals surface area contributed by atoms with Crippen molar-refractivity contribution in [1.29, 1.82) is 0 Å². The van der Waals surface area contributed by atoms with Crippen LogP contribution in [0.3, 0.4) is 0 Å². The minimum absolute atomic E-state index is 0.176. The number of aliphatic carboxylic acids is 1. The van der Waals surface area contributed by atoms with E-state index in [-0.39, 0.29) is 12.3 Å². The Balaban J connectivity index is 1.42. The molecule has 1 heterocycles. The van der Waals surface area contributed by atoms with Gasteiger partial charge in [0.2, 0.25) is 5.91 Å². The molecule has 2 aromatic carbocycles. The Labute approximate surface area is 173 Å². The molecular formula is C23H22N2O3S. The maximum absolute atomic E-state index is 13.0. The van der Waals surface area contributed by atoms with E-state index in [0.717, 1.165) is 28.2 Å². The van der Waals surface area contributed by atoms with Gasteiger partial charge in [0.15, 0.2) is 0 Å². The molecule has 1 aliphatic rings. The van der Waals surface area contributed by atoms with E-state index in [9.17, 15) is 14.7 Å². The smallest absolute Gasteiger partial charge is 0.304 e. The second kappa shape index (κ2) is 8.17. The van der Waals surface area contributed by atoms with E-state index in [2.05, 4.69) is 22.4 Å². The van der Waals surface area contributed by atoms with Crippen molar-refractivity contribution in [2.45, 2.75) is 32.2 Å². The molecule has 0 radical (unpaired) electrons. The number of hydrogen-bond acceptors (Lipinski definition) is 4. The topological polar surface area (TPSA) is 79.3 Å². The van der Waals surface area contributed by atoms with Crippen LogP contribution in [0, 0.1) is 5.41 Å². The second-order valence-corrected chi connectivity index (χ2v) is 8.49. The first-order chi connectivity index (χ1) is 14.0. The van der Waals surface area contributed by atoms with Crippen molar-refractivity contribution >= 4 is 23.2 Å². The number of carbonyl (C=O) groups is 2. The Bertz CT molecular complexity index is 1000. The summed E-state index contributed by atoms with van der Waals surface area (Å²) in [6.45, 7) is 0.315. The first-order valence-electron chi connectivity index (χ1n) is 9.58. The van der Waals surface area contributed by atoms with Crippen LogP contribution in [0.5, 0.6) is 0 Å². The number of thiazole rings is 1. The number of benzene rings is 2. The van der Waals surface area contributed by atoms with E-state index < -0.39 is 11.4 Å². The molecule has 0 atom stereocenters. The fraction of sp³-hybridized carbons (Fsp3) is 0.261. The molecule has 3 aromatic rings. The van der Waals surface area contributed by atoms with E-state index in [4.69, 9.17) is 0 Å². The lowest BCUT2D eigenvalue weighted by molar-refractivity contribution is -0.145. The van der Waals surface area contributed by atoms with Gasteiger partial charge >= 0.3 is 5.97 Å². The summed E-state index contributed by atoms with van der Waals surface area (Å²) in [5.74, 6) is -1.16. The lowest BCUT2D eigenvalue weighted by atomic mass is 9.80. The first kappa shape index (κ1) is 19.3. The number of carboxylic acid groups (broad SMARTS) is 1. The van der Waals surface area contributed by atoms with Gasteiger partial charge in [0.05, 0.1) is 24.1 Å². The normalized spacial score (nSPS) is 14.3. The zero-order valence-corrected chi connectivity index (χ0v) is 16.7. The molecule has 5 nitrogen and oxygen atoms in total. The summed E-state index contributed by atoms with van der Waals surface area (Å²) in [6.07, 6.45) is 1.49. The van der Waals surface area contributed by atoms with Gasteiger partial charge in [-0.2, -0.15) is 0 Å². The van der Waals surface area contributed by atoms with Gasteiger partial charge in [0, 0.05) is 11.8 Å². The number of fused-ring (bicyclic) bond motifs is 1. The summed E-state index contributed by atoms with van der Waals surface area (Å²) in [5.41, 5.74) is 3.35. The summed E-state index contributed by atoms with van der Waals surface area (Å²) in [7, 11) is 0. The average molecular weight is 407 g/mol. The molecule has 29 heavy (non-hydrogen) atoms. The molecule has 1 aliphatic carbocycles. The SMILES string of the molecule is O=C(O)CC1(C(=O)NCc2nc(Cc3ccccc3)cs2)Cc2ccccc2C1. The minimum Gasteiger partial charge on any atom is -0.481 e. The quantitative estimate of drug-likeness (QED) is 0.628. The lowest BCUT2D eigenvalue weighted by Gasteiger charge is -2.25. The molecule has 148 valence electrons. The van der Waals surface area contributed by atoms with Crippen molar-refractivity contribution in [1.82, 2.24) is 10.3 Å². The molecule has 0 unspecified atom stereocenters. The Morgan fingerprint density at radius 3 is 2.34 bits per heavy atom. The van der Waals surface area contributed by atoms with Gasteiger partial charge in [0.1, 0.15) is 5.01 Å². The van der Waals surface area contributed by atoms with Crippen LogP contribution in [-0.2, 0) is 35.4 Å². The van der Waals surface area contributed by atoms with Crippen molar-refractivity contribution in [3.63, 3.8) is 0 Å². The van der Waals surface area contributed by atoms with Crippen LogP contribution >= 0.6 is 11.3 Å². The summed E-state index contributed by atoms with van der Waals surface area (Å²) >= 11 is 1.51. The van der Waals surface area contributed by atoms with Crippen LogP contribution in [-0.4, -0.2) is 22.0 Å². The molecular weight excluding hydrogens is 384 g/mol. The monoisotopic (exact) mass is 406 g/mol. The Morgan fingerprint density at radius 2 is 1.69 bits per heavy atom. The zero-order valence-electron chi connectivity index (χ0n) is 15.9. The predicted octanol–water partition coefficient (Wildman–Crippen LogP) is 3.61. The molecule has 1 amide bonds. The van der Waals surface area contributed by atoms with E-state index in [1.54, 1.807) is 0 Å². The minimum atomic E-state index is -0.952. The van der Waals surface area contributed by atoms with Crippen LogP contribution in [0.4, 0.5) is 0 Å². The van der Waals surface area contributed by atoms with Gasteiger partial charge in [-0.1, -0.05) is 54.6 Å². The highest BCUT2D eigenvalue weighted by Gasteiger charge is 2.45. The molecule has 0 saturated carbocycles. The Hall–Kier alpha value is -2.99. The molecule has 0 bridgehead atoms. The van der Waals surface area contributed by atoms with Crippen LogP contribution in [0.15, 0.2) is 60.0 Å². The van der Waals surface area contributed by atoms with Gasteiger partial charge < -0.3 is 10.4 Å². The third kappa shape index (κ3) is 4.38. The van der Waals surface area contributed by atoms with E-state index in [1.165, 1.54) is 16.9 Å².